The van der Waals surface area contributed by atoms with E-state index in [2.05, 4.69) is 76.5 Å². The Labute approximate surface area is 198 Å². The largest absolute Gasteiger partial charge is 0.365 e. The minimum absolute atomic E-state index is 0.271. The zero-order valence-corrected chi connectivity index (χ0v) is 19.5. The summed E-state index contributed by atoms with van der Waals surface area (Å²) in [6.07, 6.45) is 7.38. The molecule has 0 aliphatic carbocycles. The van der Waals surface area contributed by atoms with Crippen molar-refractivity contribution < 1.29 is 4.79 Å². The molecule has 166 valence electrons. The van der Waals surface area contributed by atoms with Gasteiger partial charge in [0.05, 0.1) is 0 Å². The number of hydrogen-bond donors (Lipinski definition) is 0. The normalized spacial score (nSPS) is 21.9. The van der Waals surface area contributed by atoms with Crippen LogP contribution in [0.2, 0.25) is 0 Å². The molecule has 0 saturated carbocycles. The molecule has 2 bridgehead atoms. The Morgan fingerprint density at radius 1 is 0.879 bits per heavy atom. The van der Waals surface area contributed by atoms with Crippen molar-refractivity contribution in [1.29, 1.82) is 0 Å². The average Bonchev–Trinajstić information content (AvgIpc) is 3.27. The Hall–Kier alpha value is -2.95. The predicted octanol–water partition coefficient (Wildman–Crippen LogP) is 6.54. The van der Waals surface area contributed by atoms with Gasteiger partial charge in [0, 0.05) is 64.9 Å². The van der Waals surface area contributed by atoms with Crippen LogP contribution >= 0.6 is 11.3 Å². The van der Waals surface area contributed by atoms with Gasteiger partial charge in [-0.1, -0.05) is 60.7 Å². The maximum Gasteiger partial charge on any atom is 0.165 e. The van der Waals surface area contributed by atoms with Gasteiger partial charge in [0.2, 0.25) is 0 Å². The smallest absolute Gasteiger partial charge is 0.165 e. The standard InChI is InChI=1S/C29H28N2OS/c32-28(27-20-33-29-12-6-5-11-26(27)29)15-16-30-18-25-10-4-3-9-24(30)19-31(25)23-14-13-21-7-1-2-8-22(21)17-23/h1-8,11-14,17,20,24-25H,9-10,15-16,18-19H2/b4-3-/t24-,25-/m0/s1. The van der Waals surface area contributed by atoms with Crippen LogP contribution in [0.4, 0.5) is 5.69 Å². The quantitative estimate of drug-likeness (QED) is 0.254. The maximum absolute atomic E-state index is 13.1. The summed E-state index contributed by atoms with van der Waals surface area (Å²) in [6.45, 7) is 2.87. The highest BCUT2D eigenvalue weighted by atomic mass is 32.1. The summed E-state index contributed by atoms with van der Waals surface area (Å²) >= 11 is 1.67. The molecule has 2 atom stereocenters. The lowest BCUT2D eigenvalue weighted by Crippen LogP contribution is -2.59. The molecule has 0 amide bonds. The third-order valence-corrected chi connectivity index (χ3v) is 8.23. The maximum atomic E-state index is 13.1. The Kier molecular flexibility index (Phi) is 5.49. The zero-order chi connectivity index (χ0) is 22.2. The fourth-order valence-electron chi connectivity index (χ4n) is 5.46. The molecule has 0 N–H and O–H groups in total. The number of hydrogen-bond acceptors (Lipinski definition) is 4. The van der Waals surface area contributed by atoms with E-state index in [0.29, 0.717) is 18.5 Å². The van der Waals surface area contributed by atoms with Gasteiger partial charge < -0.3 is 4.90 Å². The van der Waals surface area contributed by atoms with Gasteiger partial charge in [0.1, 0.15) is 0 Å². The van der Waals surface area contributed by atoms with Crippen LogP contribution in [0.5, 0.6) is 0 Å². The summed E-state index contributed by atoms with van der Waals surface area (Å²) in [4.78, 5) is 18.3. The summed E-state index contributed by atoms with van der Waals surface area (Å²) in [5, 5.41) is 5.73. The lowest BCUT2D eigenvalue weighted by Gasteiger charge is -2.48. The number of nitrogens with zero attached hydrogens (tertiary/aromatic N) is 2. The molecule has 3 aliphatic rings. The minimum atomic E-state index is 0.271. The minimum Gasteiger partial charge on any atom is -0.365 e. The summed E-state index contributed by atoms with van der Waals surface area (Å²) in [6, 6.07) is 24.6. The Morgan fingerprint density at radius 2 is 1.67 bits per heavy atom. The van der Waals surface area contributed by atoms with Gasteiger partial charge in [-0.2, -0.15) is 0 Å². The first-order valence-electron chi connectivity index (χ1n) is 11.9. The number of ketones is 1. The zero-order valence-electron chi connectivity index (χ0n) is 18.7. The first-order chi connectivity index (χ1) is 16.3. The van der Waals surface area contributed by atoms with Gasteiger partial charge in [-0.3, -0.25) is 9.69 Å². The molecule has 33 heavy (non-hydrogen) atoms. The predicted molar refractivity (Wildman–Crippen MR) is 140 cm³/mol. The summed E-state index contributed by atoms with van der Waals surface area (Å²) < 4.78 is 1.20. The van der Waals surface area contributed by atoms with Crippen LogP contribution in [0, 0.1) is 0 Å². The van der Waals surface area contributed by atoms with Crippen LogP contribution in [-0.2, 0) is 0 Å². The van der Waals surface area contributed by atoms with Crippen molar-refractivity contribution in [2.45, 2.75) is 31.3 Å². The van der Waals surface area contributed by atoms with Crippen molar-refractivity contribution in [2.24, 2.45) is 0 Å². The lowest BCUT2D eigenvalue weighted by atomic mass is 9.95. The molecule has 0 radical (unpaired) electrons. The summed E-state index contributed by atoms with van der Waals surface area (Å²) in [7, 11) is 0. The van der Waals surface area contributed by atoms with Crippen molar-refractivity contribution in [1.82, 2.24) is 4.90 Å². The molecule has 3 aromatic carbocycles. The van der Waals surface area contributed by atoms with E-state index < -0.39 is 0 Å². The van der Waals surface area contributed by atoms with Gasteiger partial charge in [0.25, 0.3) is 0 Å². The van der Waals surface area contributed by atoms with E-state index >= 15 is 0 Å². The Bertz CT molecular complexity index is 1340. The third-order valence-electron chi connectivity index (χ3n) is 7.27. The second-order valence-electron chi connectivity index (χ2n) is 9.25. The molecule has 1 fully saturated rings. The fraction of sp³-hybridized carbons (Fsp3) is 0.276. The number of thiophene rings is 1. The van der Waals surface area contributed by atoms with Crippen molar-refractivity contribution in [3.05, 3.63) is 89.8 Å². The van der Waals surface area contributed by atoms with E-state index in [9.17, 15) is 4.79 Å². The molecule has 3 aliphatic heterocycles. The number of anilines is 1. The van der Waals surface area contributed by atoms with E-state index in [1.165, 1.54) is 21.2 Å². The van der Waals surface area contributed by atoms with Crippen LogP contribution in [-0.4, -0.2) is 42.4 Å². The van der Waals surface area contributed by atoms with Gasteiger partial charge in [-0.15, -0.1) is 11.3 Å². The van der Waals surface area contributed by atoms with Gasteiger partial charge in [0.15, 0.2) is 5.78 Å². The molecule has 0 unspecified atom stereocenters. The number of benzene rings is 3. The SMILES string of the molecule is O=C(CCN1C[C@@H]2C/C=C\C[C@H]1CN2c1ccc2ccccc2c1)c1csc2ccccc12. The third kappa shape index (κ3) is 3.98. The fourth-order valence-corrected chi connectivity index (χ4v) is 6.43. The second kappa shape index (κ2) is 8.77. The highest BCUT2D eigenvalue weighted by Crippen LogP contribution is 2.31. The first kappa shape index (κ1) is 20.6. The van der Waals surface area contributed by atoms with Gasteiger partial charge in [-0.05, 0) is 41.8 Å². The van der Waals surface area contributed by atoms with Crippen molar-refractivity contribution >= 4 is 43.7 Å². The molecule has 1 saturated heterocycles. The van der Waals surface area contributed by atoms with E-state index in [4.69, 9.17) is 0 Å². The Balaban J connectivity index is 1.19. The van der Waals surface area contributed by atoms with E-state index in [1.807, 2.05) is 17.5 Å². The van der Waals surface area contributed by atoms with E-state index in [-0.39, 0.29) is 5.78 Å². The monoisotopic (exact) mass is 452 g/mol. The number of fused-ring (bicyclic) bond motifs is 6. The molecule has 4 heterocycles. The van der Waals surface area contributed by atoms with Gasteiger partial charge in [-0.25, -0.2) is 0 Å². The van der Waals surface area contributed by atoms with Crippen molar-refractivity contribution in [2.75, 3.05) is 24.5 Å². The van der Waals surface area contributed by atoms with Crippen LogP contribution in [0.25, 0.3) is 20.9 Å². The number of carbonyl (C=O) groups excluding carboxylic acids is 1. The molecular formula is C29H28N2OS. The number of rotatable bonds is 5. The van der Waals surface area contributed by atoms with Crippen molar-refractivity contribution in [3.8, 4) is 0 Å². The number of piperazine rings is 1. The number of Topliss-reactive ketones (excluding diaryl/α,β-unsaturated/α-hetero) is 1. The Morgan fingerprint density at radius 3 is 2.58 bits per heavy atom. The van der Waals surface area contributed by atoms with E-state index in [1.54, 1.807) is 11.3 Å². The van der Waals surface area contributed by atoms with Crippen LogP contribution in [0.15, 0.2) is 84.3 Å². The highest BCUT2D eigenvalue weighted by Gasteiger charge is 2.34. The molecule has 4 aromatic rings. The average molecular weight is 453 g/mol. The van der Waals surface area contributed by atoms with Crippen LogP contribution in [0.3, 0.4) is 0 Å². The van der Waals surface area contributed by atoms with Crippen LogP contribution in [0.1, 0.15) is 29.6 Å². The number of carbonyl (C=O) groups is 1. The molecule has 1 aromatic heterocycles. The van der Waals surface area contributed by atoms with Crippen molar-refractivity contribution in [3.63, 3.8) is 0 Å². The summed E-state index contributed by atoms with van der Waals surface area (Å²) in [5.41, 5.74) is 2.21. The molecule has 7 rings (SSSR count). The van der Waals surface area contributed by atoms with Gasteiger partial charge >= 0.3 is 0 Å². The van der Waals surface area contributed by atoms with E-state index in [0.717, 1.165) is 43.4 Å². The first-order valence-corrected chi connectivity index (χ1v) is 12.8. The molecule has 3 nitrogen and oxygen atoms in total. The van der Waals surface area contributed by atoms with Crippen LogP contribution < -0.4 is 4.90 Å². The lowest BCUT2D eigenvalue weighted by molar-refractivity contribution is 0.0928. The highest BCUT2D eigenvalue weighted by molar-refractivity contribution is 7.17. The molecule has 0 spiro atoms. The summed E-state index contributed by atoms with van der Waals surface area (Å²) in [5.74, 6) is 0.271. The second-order valence-corrected chi connectivity index (χ2v) is 10.2. The molecule has 4 heteroatoms. The molecular weight excluding hydrogens is 424 g/mol. The topological polar surface area (TPSA) is 23.6 Å².